The van der Waals surface area contributed by atoms with Gasteiger partial charge in [-0.1, -0.05) is 56.2 Å². The Morgan fingerprint density at radius 2 is 2.05 bits per heavy atom. The molecule has 3 N–H and O–H groups in total. The molecule has 0 unspecified atom stereocenters. The fraction of sp³-hybridized carbons (Fsp3) is 0.769. The van der Waals surface area contributed by atoms with Crippen LogP contribution in [0.4, 0.5) is 5.13 Å². The predicted molar refractivity (Wildman–Crippen MR) is 84.1 cm³/mol. The lowest BCUT2D eigenvalue weighted by molar-refractivity contribution is -0.118. The number of nitrogens with one attached hydrogen (secondary N) is 1. The van der Waals surface area contributed by atoms with Crippen molar-refractivity contribution in [3.05, 3.63) is 0 Å². The molecule has 1 aromatic heterocycles. The molecule has 0 saturated heterocycles. The summed E-state index contributed by atoms with van der Waals surface area (Å²) >= 11 is 3.05. The Morgan fingerprint density at radius 1 is 1.35 bits per heavy atom. The Hall–Kier alpha value is -0.660. The number of amides is 1. The zero-order valence-electron chi connectivity index (χ0n) is 12.0. The number of thioether (sulfide) groups is 1. The molecule has 7 heteroatoms. The molecule has 0 bridgehead atoms. The van der Waals surface area contributed by atoms with Crippen molar-refractivity contribution in [2.24, 2.45) is 11.7 Å². The summed E-state index contributed by atoms with van der Waals surface area (Å²) in [4.78, 5) is 12.1. The third-order valence-electron chi connectivity index (χ3n) is 3.43. The highest BCUT2D eigenvalue weighted by Crippen LogP contribution is 2.29. The Bertz CT molecular complexity index is 443. The first-order chi connectivity index (χ1) is 9.56. The van der Waals surface area contributed by atoms with E-state index < -0.39 is 6.04 Å². The molecule has 0 aromatic carbocycles. The summed E-state index contributed by atoms with van der Waals surface area (Å²) < 4.78 is 0.876. The molecule has 0 aliphatic heterocycles. The summed E-state index contributed by atoms with van der Waals surface area (Å²) in [5.74, 6) is 0.176. The SMILES string of the molecule is CC(C)Sc1nnc(NC(=O)[C@@H](N)C2CCCCC2)s1. The standard InChI is InChI=1S/C13H22N4OS2/c1-8(2)19-13-17-16-12(20-13)15-11(18)10(14)9-6-4-3-5-7-9/h8-10H,3-7,14H2,1-2H3,(H,15,16,18)/t10-/m0/s1. The molecule has 2 rings (SSSR count). The minimum Gasteiger partial charge on any atom is -0.320 e. The third-order valence-corrected chi connectivity index (χ3v) is 5.36. The normalized spacial score (nSPS) is 18.2. The van der Waals surface area contributed by atoms with Gasteiger partial charge in [-0.05, 0) is 18.8 Å². The first-order valence-corrected chi connectivity index (χ1v) is 8.82. The van der Waals surface area contributed by atoms with Gasteiger partial charge in [0.1, 0.15) is 0 Å². The molecular weight excluding hydrogens is 292 g/mol. The molecule has 1 saturated carbocycles. The van der Waals surface area contributed by atoms with Crippen LogP contribution in [0.3, 0.4) is 0 Å². The van der Waals surface area contributed by atoms with Crippen molar-refractivity contribution in [2.75, 3.05) is 5.32 Å². The maximum atomic E-state index is 12.1. The number of hydrogen-bond acceptors (Lipinski definition) is 6. The van der Waals surface area contributed by atoms with Crippen molar-refractivity contribution in [2.45, 2.75) is 61.6 Å². The average molecular weight is 314 g/mol. The van der Waals surface area contributed by atoms with E-state index in [9.17, 15) is 4.79 Å². The first kappa shape index (κ1) is 15.7. The lowest BCUT2D eigenvalue weighted by Crippen LogP contribution is -2.42. The van der Waals surface area contributed by atoms with Crippen LogP contribution in [0.2, 0.25) is 0 Å². The van der Waals surface area contributed by atoms with E-state index in [1.165, 1.54) is 30.6 Å². The van der Waals surface area contributed by atoms with Crippen LogP contribution in [-0.2, 0) is 4.79 Å². The van der Waals surface area contributed by atoms with E-state index >= 15 is 0 Å². The van der Waals surface area contributed by atoms with Gasteiger partial charge in [0.15, 0.2) is 4.34 Å². The van der Waals surface area contributed by atoms with Gasteiger partial charge in [0, 0.05) is 5.25 Å². The highest BCUT2D eigenvalue weighted by molar-refractivity contribution is 8.01. The molecule has 1 aromatic rings. The van der Waals surface area contributed by atoms with Crippen LogP contribution < -0.4 is 11.1 Å². The average Bonchev–Trinajstić information content (AvgIpc) is 2.85. The first-order valence-electron chi connectivity index (χ1n) is 7.13. The monoisotopic (exact) mass is 314 g/mol. The number of rotatable bonds is 5. The van der Waals surface area contributed by atoms with Gasteiger partial charge in [0.2, 0.25) is 11.0 Å². The van der Waals surface area contributed by atoms with Crippen molar-refractivity contribution < 1.29 is 4.79 Å². The molecule has 1 atom stereocenters. The lowest BCUT2D eigenvalue weighted by atomic mass is 9.84. The van der Waals surface area contributed by atoms with Gasteiger partial charge in [-0.3, -0.25) is 10.1 Å². The number of carbonyl (C=O) groups is 1. The van der Waals surface area contributed by atoms with Crippen LogP contribution in [0, 0.1) is 5.92 Å². The smallest absolute Gasteiger partial charge is 0.243 e. The topological polar surface area (TPSA) is 80.9 Å². The summed E-state index contributed by atoms with van der Waals surface area (Å²) in [7, 11) is 0. The lowest BCUT2D eigenvalue weighted by Gasteiger charge is -2.26. The predicted octanol–water partition coefficient (Wildman–Crippen LogP) is 2.88. The fourth-order valence-corrected chi connectivity index (χ4v) is 4.38. The Kier molecular flexibility index (Phi) is 5.80. The molecule has 112 valence electrons. The van der Waals surface area contributed by atoms with Crippen molar-refractivity contribution in [3.63, 3.8) is 0 Å². The number of anilines is 1. The van der Waals surface area contributed by atoms with Crippen molar-refractivity contribution in [3.8, 4) is 0 Å². The molecule has 1 aliphatic carbocycles. The number of aromatic nitrogens is 2. The van der Waals surface area contributed by atoms with Crippen LogP contribution in [0.15, 0.2) is 4.34 Å². The number of nitrogens with zero attached hydrogens (tertiary/aromatic N) is 2. The number of nitrogens with two attached hydrogens (primary N) is 1. The van der Waals surface area contributed by atoms with Gasteiger partial charge in [0.05, 0.1) is 6.04 Å². The number of carbonyl (C=O) groups excluding carboxylic acids is 1. The van der Waals surface area contributed by atoms with E-state index in [0.29, 0.717) is 16.3 Å². The van der Waals surface area contributed by atoms with E-state index in [-0.39, 0.29) is 5.91 Å². The zero-order chi connectivity index (χ0) is 14.5. The fourth-order valence-electron chi connectivity index (χ4n) is 2.41. The largest absolute Gasteiger partial charge is 0.320 e. The molecule has 1 amide bonds. The minimum absolute atomic E-state index is 0.130. The van der Waals surface area contributed by atoms with Gasteiger partial charge in [-0.2, -0.15) is 0 Å². The van der Waals surface area contributed by atoms with E-state index in [4.69, 9.17) is 5.73 Å². The van der Waals surface area contributed by atoms with E-state index in [1.54, 1.807) is 11.8 Å². The molecule has 0 radical (unpaired) electrons. The van der Waals surface area contributed by atoms with E-state index in [0.717, 1.165) is 17.2 Å². The second kappa shape index (κ2) is 7.38. The molecule has 20 heavy (non-hydrogen) atoms. The third kappa shape index (κ3) is 4.43. The summed E-state index contributed by atoms with van der Waals surface area (Å²) in [6, 6.07) is -0.430. The van der Waals surface area contributed by atoms with Crippen LogP contribution >= 0.6 is 23.1 Å². The maximum Gasteiger partial charge on any atom is 0.243 e. The van der Waals surface area contributed by atoms with Crippen molar-refractivity contribution >= 4 is 34.1 Å². The maximum absolute atomic E-state index is 12.1. The van der Waals surface area contributed by atoms with Crippen LogP contribution in [-0.4, -0.2) is 27.4 Å². The minimum atomic E-state index is -0.430. The van der Waals surface area contributed by atoms with Gasteiger partial charge in [-0.25, -0.2) is 0 Å². The van der Waals surface area contributed by atoms with Crippen LogP contribution in [0.5, 0.6) is 0 Å². The summed E-state index contributed by atoms with van der Waals surface area (Å²) in [5.41, 5.74) is 6.07. The molecule has 1 aliphatic rings. The van der Waals surface area contributed by atoms with Crippen molar-refractivity contribution in [1.29, 1.82) is 0 Å². The quantitative estimate of drug-likeness (QED) is 0.645. The highest BCUT2D eigenvalue weighted by Gasteiger charge is 2.26. The number of hydrogen-bond donors (Lipinski definition) is 2. The Morgan fingerprint density at radius 3 is 2.70 bits per heavy atom. The highest BCUT2D eigenvalue weighted by atomic mass is 32.2. The van der Waals surface area contributed by atoms with Crippen LogP contribution in [0.1, 0.15) is 46.0 Å². The van der Waals surface area contributed by atoms with Gasteiger partial charge < -0.3 is 5.73 Å². The second-order valence-corrected chi connectivity index (χ2v) is 8.25. The van der Waals surface area contributed by atoms with Gasteiger partial charge >= 0.3 is 0 Å². The second-order valence-electron chi connectivity index (χ2n) is 5.45. The van der Waals surface area contributed by atoms with E-state index in [1.807, 2.05) is 0 Å². The summed E-state index contributed by atoms with van der Waals surface area (Å²) in [6.07, 6.45) is 5.73. The molecule has 1 heterocycles. The van der Waals surface area contributed by atoms with Gasteiger partial charge in [0.25, 0.3) is 0 Å². The van der Waals surface area contributed by atoms with Gasteiger partial charge in [-0.15, -0.1) is 10.2 Å². The Labute approximate surface area is 128 Å². The molecule has 1 fully saturated rings. The summed E-state index contributed by atoms with van der Waals surface area (Å²) in [6.45, 7) is 4.20. The van der Waals surface area contributed by atoms with E-state index in [2.05, 4.69) is 29.4 Å². The molecular formula is C13H22N4OS2. The molecule has 0 spiro atoms. The molecule has 5 nitrogen and oxygen atoms in total. The Balaban J connectivity index is 1.88. The van der Waals surface area contributed by atoms with Crippen molar-refractivity contribution in [1.82, 2.24) is 10.2 Å². The van der Waals surface area contributed by atoms with Crippen LogP contribution in [0.25, 0.3) is 0 Å². The summed E-state index contributed by atoms with van der Waals surface area (Å²) in [5, 5.41) is 11.9. The zero-order valence-corrected chi connectivity index (χ0v) is 13.6.